The SMILES string of the molecule is CO.O=CCc1ccc(Br)c(F)c1. The number of hydrogen-bond donors (Lipinski definition) is 1. The van der Waals surface area contributed by atoms with Gasteiger partial charge in [0, 0.05) is 13.5 Å². The Bertz CT molecular complexity index is 276. The van der Waals surface area contributed by atoms with E-state index in [4.69, 9.17) is 5.11 Å². The predicted molar refractivity (Wildman–Crippen MR) is 52.0 cm³/mol. The van der Waals surface area contributed by atoms with Gasteiger partial charge in [-0.05, 0) is 33.6 Å². The molecule has 0 fully saturated rings. The summed E-state index contributed by atoms with van der Waals surface area (Å²) in [4.78, 5) is 10.0. The Hall–Kier alpha value is -0.740. The third-order valence-electron chi connectivity index (χ3n) is 1.30. The van der Waals surface area contributed by atoms with Crippen molar-refractivity contribution < 1.29 is 14.3 Å². The van der Waals surface area contributed by atoms with Gasteiger partial charge in [-0.2, -0.15) is 0 Å². The average Bonchev–Trinajstić information content (AvgIpc) is 2.15. The van der Waals surface area contributed by atoms with Crippen LogP contribution in [0.25, 0.3) is 0 Å². The molecule has 0 radical (unpaired) electrons. The van der Waals surface area contributed by atoms with Gasteiger partial charge in [0.15, 0.2) is 0 Å². The molecule has 1 rings (SSSR count). The standard InChI is InChI=1S/C8H6BrFO.CH4O/c9-7-2-1-6(3-4-11)5-8(7)10;1-2/h1-2,4-5H,3H2;2H,1H3. The highest BCUT2D eigenvalue weighted by atomic mass is 79.9. The first-order valence-corrected chi connectivity index (χ1v) is 4.35. The predicted octanol–water partition coefficient (Wildman–Crippen LogP) is 1.94. The minimum absolute atomic E-state index is 0.268. The number of aliphatic hydroxyl groups excluding tert-OH is 1. The van der Waals surface area contributed by atoms with E-state index in [0.29, 0.717) is 10.0 Å². The van der Waals surface area contributed by atoms with Crippen LogP contribution in [0.3, 0.4) is 0 Å². The minimum Gasteiger partial charge on any atom is -0.400 e. The third-order valence-corrected chi connectivity index (χ3v) is 1.95. The molecule has 2 nitrogen and oxygen atoms in total. The second-order valence-corrected chi connectivity index (χ2v) is 2.97. The molecule has 0 atom stereocenters. The van der Waals surface area contributed by atoms with E-state index in [1.54, 1.807) is 12.1 Å². The maximum Gasteiger partial charge on any atom is 0.137 e. The number of carbonyl (C=O) groups excluding carboxylic acids is 1. The van der Waals surface area contributed by atoms with E-state index in [0.717, 1.165) is 13.4 Å². The summed E-state index contributed by atoms with van der Waals surface area (Å²) < 4.78 is 13.2. The summed E-state index contributed by atoms with van der Waals surface area (Å²) in [5.74, 6) is -0.329. The summed E-state index contributed by atoms with van der Waals surface area (Å²) in [6, 6.07) is 4.65. The number of aldehydes is 1. The quantitative estimate of drug-likeness (QED) is 0.813. The number of halogens is 2. The van der Waals surface area contributed by atoms with Crippen molar-refractivity contribution >= 4 is 22.2 Å². The molecule has 0 aliphatic carbocycles. The molecule has 1 aromatic rings. The van der Waals surface area contributed by atoms with E-state index < -0.39 is 0 Å². The Kier molecular flexibility index (Phi) is 6.36. The van der Waals surface area contributed by atoms with Crippen LogP contribution in [0.2, 0.25) is 0 Å². The van der Waals surface area contributed by atoms with Gasteiger partial charge in [0.1, 0.15) is 12.1 Å². The Morgan fingerprint density at radius 3 is 2.62 bits per heavy atom. The second-order valence-electron chi connectivity index (χ2n) is 2.12. The van der Waals surface area contributed by atoms with Crippen LogP contribution in [0.4, 0.5) is 4.39 Å². The summed E-state index contributed by atoms with van der Waals surface area (Å²) in [6.45, 7) is 0. The molecule has 0 unspecified atom stereocenters. The number of benzene rings is 1. The molecule has 1 N–H and O–H groups in total. The topological polar surface area (TPSA) is 37.3 Å². The van der Waals surface area contributed by atoms with Gasteiger partial charge in [-0.25, -0.2) is 4.39 Å². The van der Waals surface area contributed by atoms with Crippen LogP contribution < -0.4 is 0 Å². The lowest BCUT2D eigenvalue weighted by molar-refractivity contribution is -0.107. The fourth-order valence-electron chi connectivity index (χ4n) is 0.763. The zero-order chi connectivity index (χ0) is 10.3. The Balaban J connectivity index is 0.000000671. The van der Waals surface area contributed by atoms with Crippen molar-refractivity contribution in [3.8, 4) is 0 Å². The minimum atomic E-state index is -0.329. The maximum absolute atomic E-state index is 12.7. The molecule has 0 heterocycles. The number of hydrogen-bond acceptors (Lipinski definition) is 2. The first-order chi connectivity index (χ1) is 6.24. The van der Waals surface area contributed by atoms with Gasteiger partial charge in [0.25, 0.3) is 0 Å². The summed E-state index contributed by atoms with van der Waals surface area (Å²) in [5, 5.41) is 7.00. The molecule has 0 aliphatic heterocycles. The molecule has 72 valence electrons. The van der Waals surface area contributed by atoms with Gasteiger partial charge in [0.05, 0.1) is 4.47 Å². The van der Waals surface area contributed by atoms with Gasteiger partial charge in [0.2, 0.25) is 0 Å². The van der Waals surface area contributed by atoms with Gasteiger partial charge in [-0.1, -0.05) is 6.07 Å². The van der Waals surface area contributed by atoms with Crippen LogP contribution in [-0.2, 0) is 11.2 Å². The summed E-state index contributed by atoms with van der Waals surface area (Å²) >= 11 is 3.02. The molecular weight excluding hydrogens is 239 g/mol. The monoisotopic (exact) mass is 248 g/mol. The van der Waals surface area contributed by atoms with Gasteiger partial charge < -0.3 is 9.90 Å². The zero-order valence-electron chi connectivity index (χ0n) is 7.13. The van der Waals surface area contributed by atoms with Crippen LogP contribution >= 0.6 is 15.9 Å². The Labute approximate surface area is 84.5 Å². The van der Waals surface area contributed by atoms with Gasteiger partial charge >= 0.3 is 0 Å². The molecular formula is C9H10BrFO2. The van der Waals surface area contributed by atoms with Crippen molar-refractivity contribution in [2.24, 2.45) is 0 Å². The number of aliphatic hydroxyl groups is 1. The fourth-order valence-corrected chi connectivity index (χ4v) is 1.01. The maximum atomic E-state index is 12.7. The van der Waals surface area contributed by atoms with Crippen LogP contribution in [0.5, 0.6) is 0 Å². The second kappa shape index (κ2) is 6.74. The molecule has 0 aromatic heterocycles. The van der Waals surface area contributed by atoms with Crippen molar-refractivity contribution in [3.63, 3.8) is 0 Å². The highest BCUT2D eigenvalue weighted by Crippen LogP contribution is 2.16. The van der Waals surface area contributed by atoms with E-state index >= 15 is 0 Å². The molecule has 0 amide bonds. The highest BCUT2D eigenvalue weighted by Gasteiger charge is 1.98. The van der Waals surface area contributed by atoms with E-state index in [-0.39, 0.29) is 12.2 Å². The number of rotatable bonds is 2. The average molecular weight is 249 g/mol. The molecule has 0 saturated carbocycles. The van der Waals surface area contributed by atoms with Crippen molar-refractivity contribution in [1.82, 2.24) is 0 Å². The lowest BCUT2D eigenvalue weighted by Crippen LogP contribution is -1.87. The van der Waals surface area contributed by atoms with Crippen LogP contribution in [0, 0.1) is 5.82 Å². The van der Waals surface area contributed by atoms with Gasteiger partial charge in [-0.3, -0.25) is 0 Å². The Morgan fingerprint density at radius 2 is 2.15 bits per heavy atom. The van der Waals surface area contributed by atoms with Gasteiger partial charge in [-0.15, -0.1) is 0 Å². The largest absolute Gasteiger partial charge is 0.400 e. The smallest absolute Gasteiger partial charge is 0.137 e. The normalized spacial score (nSPS) is 8.62. The van der Waals surface area contributed by atoms with E-state index in [2.05, 4.69) is 15.9 Å². The summed E-state index contributed by atoms with van der Waals surface area (Å²) in [6.07, 6.45) is 1.02. The first-order valence-electron chi connectivity index (χ1n) is 3.56. The fraction of sp³-hybridized carbons (Fsp3) is 0.222. The molecule has 1 aromatic carbocycles. The third kappa shape index (κ3) is 4.15. The molecule has 0 saturated heterocycles. The molecule has 13 heavy (non-hydrogen) atoms. The lowest BCUT2D eigenvalue weighted by Gasteiger charge is -1.96. The van der Waals surface area contributed by atoms with Crippen molar-refractivity contribution in [2.75, 3.05) is 7.11 Å². The van der Waals surface area contributed by atoms with Crippen molar-refractivity contribution in [3.05, 3.63) is 34.1 Å². The summed E-state index contributed by atoms with van der Waals surface area (Å²) in [7, 11) is 1.00. The zero-order valence-corrected chi connectivity index (χ0v) is 8.71. The van der Waals surface area contributed by atoms with E-state index in [9.17, 15) is 9.18 Å². The number of carbonyl (C=O) groups is 1. The molecule has 0 bridgehead atoms. The van der Waals surface area contributed by atoms with E-state index in [1.807, 2.05) is 0 Å². The summed E-state index contributed by atoms with van der Waals surface area (Å²) in [5.41, 5.74) is 0.695. The van der Waals surface area contributed by atoms with Crippen LogP contribution in [0.15, 0.2) is 22.7 Å². The van der Waals surface area contributed by atoms with Crippen LogP contribution in [-0.4, -0.2) is 18.5 Å². The van der Waals surface area contributed by atoms with Crippen molar-refractivity contribution in [1.29, 1.82) is 0 Å². The molecule has 0 aliphatic rings. The highest BCUT2D eigenvalue weighted by molar-refractivity contribution is 9.10. The first kappa shape index (κ1) is 12.3. The molecule has 0 spiro atoms. The molecule has 4 heteroatoms. The lowest BCUT2D eigenvalue weighted by atomic mass is 10.2. The van der Waals surface area contributed by atoms with E-state index in [1.165, 1.54) is 6.07 Å². The van der Waals surface area contributed by atoms with Crippen LogP contribution in [0.1, 0.15) is 5.56 Å². The van der Waals surface area contributed by atoms with Crippen molar-refractivity contribution in [2.45, 2.75) is 6.42 Å². The Morgan fingerprint density at radius 1 is 1.54 bits per heavy atom.